The summed E-state index contributed by atoms with van der Waals surface area (Å²) in [5.41, 5.74) is 2.66. The molecule has 0 atom stereocenters. The van der Waals surface area contributed by atoms with Crippen molar-refractivity contribution in [3.05, 3.63) is 24.0 Å². The molecule has 84 valence electrons. The van der Waals surface area contributed by atoms with Crippen LogP contribution < -0.4 is 5.32 Å². The second-order valence-corrected chi connectivity index (χ2v) is 4.71. The van der Waals surface area contributed by atoms with Crippen molar-refractivity contribution in [2.45, 2.75) is 25.8 Å². The molecule has 3 nitrogen and oxygen atoms in total. The Hall–Kier alpha value is -1.23. The van der Waals surface area contributed by atoms with E-state index in [-0.39, 0.29) is 12.3 Å². The monoisotopic (exact) mass is 237 g/mol. The van der Waals surface area contributed by atoms with Crippen molar-refractivity contribution in [3.8, 4) is 0 Å². The lowest BCUT2D eigenvalue weighted by Gasteiger charge is -2.07. The van der Waals surface area contributed by atoms with Gasteiger partial charge in [-0.2, -0.15) is 0 Å². The number of halogens is 1. The molecule has 2 aromatic rings. The van der Waals surface area contributed by atoms with Gasteiger partial charge in [0.25, 0.3) is 0 Å². The molecule has 3 rings (SSSR count). The number of nitrogens with one attached hydrogen (secondary N) is 1. The lowest BCUT2D eigenvalue weighted by molar-refractivity contribution is 0.919. The molecule has 0 bridgehead atoms. The summed E-state index contributed by atoms with van der Waals surface area (Å²) in [6.07, 6.45) is 4.16. The first kappa shape index (κ1) is 9.96. The van der Waals surface area contributed by atoms with Gasteiger partial charge in [0.2, 0.25) is 0 Å². The van der Waals surface area contributed by atoms with Crippen LogP contribution in [0.15, 0.2) is 18.3 Å². The first-order chi connectivity index (χ1) is 7.78. The first-order valence-corrected chi connectivity index (χ1v) is 5.99. The summed E-state index contributed by atoms with van der Waals surface area (Å²) in [7, 11) is 0. The number of nitrogens with zero attached hydrogens (tertiary/aromatic N) is 2. The van der Waals surface area contributed by atoms with Gasteiger partial charge in [-0.05, 0) is 31.9 Å². The maximum absolute atomic E-state index is 12.6. The van der Waals surface area contributed by atoms with Gasteiger partial charge in [0.15, 0.2) is 18.0 Å². The zero-order chi connectivity index (χ0) is 11.1. The highest BCUT2D eigenvalue weighted by molar-refractivity contribution is 7.92. The van der Waals surface area contributed by atoms with E-state index in [0.717, 1.165) is 16.8 Å². The highest BCUT2D eigenvalue weighted by Gasteiger charge is 2.22. The average molecular weight is 237 g/mol. The predicted octanol–water partition coefficient (Wildman–Crippen LogP) is 3.30. The van der Waals surface area contributed by atoms with E-state index in [4.69, 9.17) is 0 Å². The number of fused-ring (bicyclic) bond motifs is 1. The van der Waals surface area contributed by atoms with E-state index in [0.29, 0.717) is 11.7 Å². The zero-order valence-corrected chi connectivity index (χ0v) is 9.72. The van der Waals surface area contributed by atoms with Gasteiger partial charge < -0.3 is 5.32 Å². The summed E-state index contributed by atoms with van der Waals surface area (Å²) in [6.45, 7) is 1.93. The fourth-order valence-corrected chi connectivity index (χ4v) is 2.15. The van der Waals surface area contributed by atoms with Crippen molar-refractivity contribution >= 4 is 29.1 Å². The number of pyridine rings is 1. The highest BCUT2D eigenvalue weighted by Crippen LogP contribution is 2.31. The summed E-state index contributed by atoms with van der Waals surface area (Å²) < 4.78 is 14.1. The van der Waals surface area contributed by atoms with E-state index >= 15 is 0 Å². The fourth-order valence-electron chi connectivity index (χ4n) is 1.83. The minimum Gasteiger partial charge on any atom is -0.382 e. The summed E-state index contributed by atoms with van der Waals surface area (Å²) in [5.74, 6) is 0. The van der Waals surface area contributed by atoms with Crippen molar-refractivity contribution in [1.29, 1.82) is 0 Å². The zero-order valence-electron chi connectivity index (χ0n) is 8.90. The lowest BCUT2D eigenvalue weighted by Crippen LogP contribution is -2.02. The topological polar surface area (TPSA) is 29.9 Å². The van der Waals surface area contributed by atoms with Crippen molar-refractivity contribution in [1.82, 2.24) is 8.96 Å². The maximum atomic E-state index is 12.6. The molecule has 0 aliphatic heterocycles. The van der Waals surface area contributed by atoms with Gasteiger partial charge in [0.05, 0.1) is 0 Å². The second kappa shape index (κ2) is 3.66. The Morgan fingerprint density at radius 3 is 3.06 bits per heavy atom. The number of hydrogen-bond donors (Lipinski definition) is 1. The van der Waals surface area contributed by atoms with Crippen molar-refractivity contribution in [3.63, 3.8) is 0 Å². The molecule has 0 spiro atoms. The highest BCUT2D eigenvalue weighted by atomic mass is 32.2. The number of hydrogen-bond acceptors (Lipinski definition) is 3. The minimum absolute atomic E-state index is 0.183. The molecular weight excluding hydrogens is 225 g/mol. The van der Waals surface area contributed by atoms with Crippen molar-refractivity contribution < 1.29 is 3.89 Å². The van der Waals surface area contributed by atoms with E-state index in [2.05, 4.69) is 10.3 Å². The van der Waals surface area contributed by atoms with E-state index in [1.807, 2.05) is 19.1 Å². The standard InChI is InChI=1S/C11H12FN3S/c1-7-6-10(14-8-2-3-8)9-4-5-15(16-12)11(9)13-7/h4-6,8H,2-3H2,1H3,(H,13,14). The normalized spacial score (nSPS) is 15.6. The van der Waals surface area contributed by atoms with Gasteiger partial charge in [0, 0.05) is 29.0 Å². The van der Waals surface area contributed by atoms with Gasteiger partial charge in [-0.3, -0.25) is 0 Å². The molecule has 1 fully saturated rings. The molecule has 0 amide bonds. The van der Waals surface area contributed by atoms with E-state index in [9.17, 15) is 3.89 Å². The van der Waals surface area contributed by atoms with Gasteiger partial charge in [-0.15, -0.1) is 3.89 Å². The Kier molecular flexibility index (Phi) is 2.28. The van der Waals surface area contributed by atoms with Gasteiger partial charge in [-0.25, -0.2) is 8.96 Å². The average Bonchev–Trinajstić information content (AvgIpc) is 2.96. The van der Waals surface area contributed by atoms with E-state index in [1.54, 1.807) is 6.20 Å². The molecular formula is C11H12FN3S. The Morgan fingerprint density at radius 1 is 1.56 bits per heavy atom. The van der Waals surface area contributed by atoms with Crippen LogP contribution in [0.2, 0.25) is 0 Å². The van der Waals surface area contributed by atoms with Crippen LogP contribution in [0.3, 0.4) is 0 Å². The largest absolute Gasteiger partial charge is 0.382 e. The van der Waals surface area contributed by atoms with Gasteiger partial charge in [-0.1, -0.05) is 0 Å². The molecule has 1 aliphatic rings. The molecule has 5 heteroatoms. The molecule has 0 unspecified atom stereocenters. The number of anilines is 1. The molecule has 2 heterocycles. The van der Waals surface area contributed by atoms with Crippen molar-refractivity contribution in [2.24, 2.45) is 0 Å². The molecule has 1 N–H and O–H groups in total. The van der Waals surface area contributed by atoms with Crippen LogP contribution in [0.5, 0.6) is 0 Å². The SMILES string of the molecule is Cc1cc(NC2CC2)c2ccn(SF)c2n1. The van der Waals surface area contributed by atoms with Crippen LogP contribution >= 0.6 is 12.3 Å². The van der Waals surface area contributed by atoms with Crippen molar-refractivity contribution in [2.75, 3.05) is 5.32 Å². The summed E-state index contributed by atoms with van der Waals surface area (Å²) >= 11 is 0.183. The van der Waals surface area contributed by atoms with Gasteiger partial charge in [0.1, 0.15) is 0 Å². The van der Waals surface area contributed by atoms with Crippen LogP contribution in [0.4, 0.5) is 9.57 Å². The number of rotatable bonds is 3. The molecule has 1 aliphatic carbocycles. The lowest BCUT2D eigenvalue weighted by atomic mass is 10.2. The van der Waals surface area contributed by atoms with E-state index < -0.39 is 0 Å². The summed E-state index contributed by atoms with van der Waals surface area (Å²) in [5, 5.41) is 4.44. The third-order valence-electron chi connectivity index (χ3n) is 2.76. The van der Waals surface area contributed by atoms with E-state index in [1.165, 1.54) is 16.8 Å². The Morgan fingerprint density at radius 2 is 2.38 bits per heavy atom. The van der Waals surface area contributed by atoms with Gasteiger partial charge >= 0.3 is 0 Å². The predicted molar refractivity (Wildman–Crippen MR) is 65.2 cm³/mol. The Balaban J connectivity index is 2.14. The Bertz CT molecular complexity index is 533. The van der Waals surface area contributed by atoms with Crippen LogP contribution in [0.1, 0.15) is 18.5 Å². The smallest absolute Gasteiger partial charge is 0.171 e. The number of aromatic nitrogens is 2. The third-order valence-corrected chi connectivity index (χ3v) is 3.21. The molecule has 2 aromatic heterocycles. The molecule has 0 aromatic carbocycles. The summed E-state index contributed by atoms with van der Waals surface area (Å²) in [4.78, 5) is 4.36. The van der Waals surface area contributed by atoms with Crippen LogP contribution in [0, 0.1) is 6.92 Å². The molecule has 0 saturated heterocycles. The first-order valence-electron chi connectivity index (χ1n) is 5.32. The second-order valence-electron chi connectivity index (χ2n) is 4.18. The molecule has 1 saturated carbocycles. The third kappa shape index (κ3) is 1.65. The maximum Gasteiger partial charge on any atom is 0.171 e. The Labute approximate surface area is 97.5 Å². The minimum atomic E-state index is 0.183. The quantitative estimate of drug-likeness (QED) is 0.888. The fraction of sp³-hybridized carbons (Fsp3) is 0.364. The van der Waals surface area contributed by atoms with Crippen LogP contribution in [-0.2, 0) is 0 Å². The van der Waals surface area contributed by atoms with Crippen LogP contribution in [-0.4, -0.2) is 15.0 Å². The molecule has 0 radical (unpaired) electrons. The van der Waals surface area contributed by atoms with Crippen LogP contribution in [0.25, 0.3) is 11.0 Å². The molecule has 16 heavy (non-hydrogen) atoms. The summed E-state index contributed by atoms with van der Waals surface area (Å²) in [6, 6.07) is 4.51. The number of aryl methyl sites for hydroxylation is 1.